The summed E-state index contributed by atoms with van der Waals surface area (Å²) in [6.07, 6.45) is -4.59. The van der Waals surface area contributed by atoms with Crippen LogP contribution in [0.3, 0.4) is 0 Å². The summed E-state index contributed by atoms with van der Waals surface area (Å²) < 4.78 is 45.0. The summed E-state index contributed by atoms with van der Waals surface area (Å²) in [5.41, 5.74) is -0.484. The van der Waals surface area contributed by atoms with Crippen molar-refractivity contribution in [1.82, 2.24) is 10.6 Å². The monoisotopic (exact) mass is 425 g/mol. The lowest BCUT2D eigenvalue weighted by atomic mass is 9.79. The van der Waals surface area contributed by atoms with Crippen molar-refractivity contribution < 1.29 is 22.7 Å². The van der Waals surface area contributed by atoms with Crippen molar-refractivity contribution in [3.63, 3.8) is 0 Å². The fourth-order valence-corrected chi connectivity index (χ4v) is 3.58. The Morgan fingerprint density at radius 1 is 1.28 bits per heavy atom. The van der Waals surface area contributed by atoms with E-state index in [1.165, 1.54) is 25.1 Å². The van der Waals surface area contributed by atoms with Crippen LogP contribution in [0.1, 0.15) is 30.9 Å². The number of carbonyl (C=O) groups excluding carboxylic acids is 1. The van der Waals surface area contributed by atoms with Gasteiger partial charge < -0.3 is 15.4 Å². The van der Waals surface area contributed by atoms with Crippen molar-refractivity contribution in [2.75, 3.05) is 26.3 Å². The Balaban J connectivity index is 0.000000426. The molecule has 0 aliphatic carbocycles. The summed E-state index contributed by atoms with van der Waals surface area (Å²) in [6.45, 7) is 6.67. The predicted molar refractivity (Wildman–Crippen MR) is 106 cm³/mol. The molecule has 0 amide bonds. The van der Waals surface area contributed by atoms with E-state index < -0.39 is 23.4 Å². The molecule has 0 radical (unpaired) electrons. The van der Waals surface area contributed by atoms with Gasteiger partial charge in [-0.2, -0.15) is 18.4 Å². The first-order chi connectivity index (χ1) is 13.7. The number of nitriles is 1. The molecule has 2 aliphatic rings. The van der Waals surface area contributed by atoms with E-state index in [0.29, 0.717) is 5.70 Å². The van der Waals surface area contributed by atoms with E-state index >= 15 is 0 Å². The van der Waals surface area contributed by atoms with Crippen LogP contribution in [0.4, 0.5) is 13.2 Å². The van der Waals surface area contributed by atoms with Gasteiger partial charge in [0.15, 0.2) is 5.78 Å². The lowest BCUT2D eigenvalue weighted by molar-refractivity contribution is -0.138. The molecule has 0 aromatic heterocycles. The van der Waals surface area contributed by atoms with Crippen LogP contribution in [-0.4, -0.2) is 32.1 Å². The summed E-state index contributed by atoms with van der Waals surface area (Å²) in [5, 5.41) is 15.4. The van der Waals surface area contributed by atoms with Gasteiger partial charge in [-0.3, -0.25) is 4.79 Å². The van der Waals surface area contributed by atoms with E-state index in [0.717, 1.165) is 32.4 Å². The fraction of sp³-hybridized carbons (Fsp3) is 0.400. The first-order valence-electron chi connectivity index (χ1n) is 8.95. The second-order valence-electron chi connectivity index (χ2n) is 6.47. The summed E-state index contributed by atoms with van der Waals surface area (Å²) in [6, 6.07) is 6.82. The number of carbonyl (C=O) groups is 1. The van der Waals surface area contributed by atoms with Crippen molar-refractivity contribution in [2.45, 2.75) is 25.9 Å². The Bertz CT molecular complexity index is 857. The molecule has 29 heavy (non-hydrogen) atoms. The van der Waals surface area contributed by atoms with Gasteiger partial charge in [0.25, 0.3) is 0 Å². The minimum Gasteiger partial charge on any atom is -0.379 e. The normalized spacial score (nSPS) is 19.7. The van der Waals surface area contributed by atoms with Crippen LogP contribution >= 0.6 is 12.6 Å². The molecular weight excluding hydrogens is 403 g/mol. The largest absolute Gasteiger partial charge is 0.416 e. The molecule has 1 fully saturated rings. The van der Waals surface area contributed by atoms with Crippen LogP contribution in [0.25, 0.3) is 0 Å². The van der Waals surface area contributed by atoms with Gasteiger partial charge in [0.05, 0.1) is 41.4 Å². The van der Waals surface area contributed by atoms with E-state index in [9.17, 15) is 23.2 Å². The first-order valence-corrected chi connectivity index (χ1v) is 9.39. The molecule has 156 valence electrons. The first kappa shape index (κ1) is 23.0. The number of ketones is 1. The van der Waals surface area contributed by atoms with Gasteiger partial charge in [-0.1, -0.05) is 18.2 Å². The van der Waals surface area contributed by atoms with Gasteiger partial charge in [-0.25, -0.2) is 0 Å². The number of benzene rings is 1. The van der Waals surface area contributed by atoms with Crippen LogP contribution in [0.2, 0.25) is 0 Å². The molecule has 0 spiro atoms. The summed E-state index contributed by atoms with van der Waals surface area (Å²) in [5.74, 6) is -1.49. The number of morpholine rings is 1. The molecule has 3 rings (SSSR count). The van der Waals surface area contributed by atoms with Crippen LogP contribution in [0.15, 0.2) is 46.1 Å². The third kappa shape index (κ3) is 5.63. The molecule has 1 aromatic rings. The van der Waals surface area contributed by atoms with Gasteiger partial charge in [-0.15, -0.1) is 12.6 Å². The summed E-state index contributed by atoms with van der Waals surface area (Å²) >= 11 is 4.14. The molecule has 9 heteroatoms. The quantitative estimate of drug-likeness (QED) is 0.633. The smallest absolute Gasteiger partial charge is 0.379 e. The van der Waals surface area contributed by atoms with Crippen molar-refractivity contribution in [2.24, 2.45) is 0 Å². The standard InChI is InChI=1S/C16H13F3N2OS.C4H9NO/c1-8-13(9(2)22)14(11(7-20)15(23)21-8)10-5-3-4-6-12(10)16(17,18)19;1-3-6-4-2-5-1/h3-6,14,21,23H,1-2H3;5H,1-4H2. The third-order valence-corrected chi connectivity index (χ3v) is 4.82. The maximum atomic E-state index is 13.3. The van der Waals surface area contributed by atoms with Crippen molar-refractivity contribution in [1.29, 1.82) is 5.26 Å². The zero-order valence-corrected chi connectivity index (χ0v) is 17.0. The summed E-state index contributed by atoms with van der Waals surface area (Å²) in [4.78, 5) is 12.0. The van der Waals surface area contributed by atoms with Gasteiger partial charge in [0, 0.05) is 24.4 Å². The highest BCUT2D eigenvalue weighted by atomic mass is 32.1. The number of halogens is 3. The topological polar surface area (TPSA) is 74.2 Å². The number of ether oxygens (including phenoxy) is 1. The number of hydrogen-bond acceptors (Lipinski definition) is 6. The molecule has 1 aromatic carbocycles. The fourth-order valence-electron chi connectivity index (χ4n) is 3.23. The number of hydrogen-bond donors (Lipinski definition) is 3. The van der Waals surface area contributed by atoms with E-state index in [4.69, 9.17) is 4.74 Å². The molecule has 0 bridgehead atoms. The third-order valence-electron chi connectivity index (χ3n) is 4.47. The van der Waals surface area contributed by atoms with E-state index in [2.05, 4.69) is 23.3 Å². The maximum absolute atomic E-state index is 13.3. The van der Waals surface area contributed by atoms with Gasteiger partial charge in [0.1, 0.15) is 0 Å². The number of nitrogens with one attached hydrogen (secondary N) is 2. The average Bonchev–Trinajstić information content (AvgIpc) is 2.68. The highest BCUT2D eigenvalue weighted by Gasteiger charge is 2.39. The molecule has 1 saturated heterocycles. The van der Waals surface area contributed by atoms with Gasteiger partial charge >= 0.3 is 6.18 Å². The average molecular weight is 425 g/mol. The Morgan fingerprint density at radius 2 is 1.90 bits per heavy atom. The lowest BCUT2D eigenvalue weighted by Crippen LogP contribution is -2.30. The minimum absolute atomic E-state index is 0.0131. The van der Waals surface area contributed by atoms with Crippen molar-refractivity contribution in [3.05, 3.63) is 57.3 Å². The number of nitrogens with zero attached hydrogens (tertiary/aromatic N) is 1. The number of Topliss-reactive ketones (excluding diaryl/α,β-unsaturated/α-hetero) is 1. The van der Waals surface area contributed by atoms with E-state index in [1.807, 2.05) is 6.07 Å². The SMILES string of the molecule is C1COCCN1.CC(=O)C1=C(C)NC(S)=C(C#N)C1c1ccccc1C(F)(F)F. The van der Waals surface area contributed by atoms with E-state index in [-0.39, 0.29) is 21.7 Å². The predicted octanol–water partition coefficient (Wildman–Crippen LogP) is 3.53. The number of rotatable bonds is 2. The molecule has 2 heterocycles. The Labute approximate surface area is 173 Å². The molecule has 2 aliphatic heterocycles. The number of dihydropyridines is 1. The second kappa shape index (κ2) is 9.96. The van der Waals surface area contributed by atoms with Crippen molar-refractivity contribution >= 4 is 18.4 Å². The molecule has 0 saturated carbocycles. The number of allylic oxidation sites excluding steroid dienone is 3. The Kier molecular flexibility index (Phi) is 7.90. The van der Waals surface area contributed by atoms with Crippen LogP contribution in [0, 0.1) is 11.3 Å². The van der Waals surface area contributed by atoms with Crippen LogP contribution in [0.5, 0.6) is 0 Å². The second-order valence-corrected chi connectivity index (χ2v) is 6.92. The molecular formula is C20H22F3N3O2S. The van der Waals surface area contributed by atoms with Crippen LogP contribution < -0.4 is 10.6 Å². The van der Waals surface area contributed by atoms with Crippen LogP contribution in [-0.2, 0) is 15.7 Å². The molecule has 1 unspecified atom stereocenters. The Morgan fingerprint density at radius 3 is 2.34 bits per heavy atom. The maximum Gasteiger partial charge on any atom is 0.416 e. The van der Waals surface area contributed by atoms with Gasteiger partial charge in [0.2, 0.25) is 0 Å². The number of thiol groups is 1. The molecule has 2 N–H and O–H groups in total. The van der Waals surface area contributed by atoms with Gasteiger partial charge in [-0.05, 0) is 25.5 Å². The van der Waals surface area contributed by atoms with Crippen molar-refractivity contribution in [3.8, 4) is 6.07 Å². The Hall–Kier alpha value is -2.28. The van der Waals surface area contributed by atoms with E-state index in [1.54, 1.807) is 6.92 Å². The number of alkyl halides is 3. The minimum atomic E-state index is -4.59. The lowest BCUT2D eigenvalue weighted by Gasteiger charge is -2.29. The zero-order chi connectivity index (χ0) is 21.6. The zero-order valence-electron chi connectivity index (χ0n) is 16.1. The highest BCUT2D eigenvalue weighted by Crippen LogP contribution is 2.44. The summed E-state index contributed by atoms with van der Waals surface area (Å²) in [7, 11) is 0. The highest BCUT2D eigenvalue weighted by molar-refractivity contribution is 7.84. The molecule has 5 nitrogen and oxygen atoms in total. The molecule has 1 atom stereocenters.